The highest BCUT2D eigenvalue weighted by Gasteiger charge is 2.29. The Morgan fingerprint density at radius 2 is 1.97 bits per heavy atom. The lowest BCUT2D eigenvalue weighted by atomic mass is 10.0. The first kappa shape index (κ1) is 26.4. The van der Waals surface area contributed by atoms with Crippen LogP contribution in [0.25, 0.3) is 0 Å². The predicted molar refractivity (Wildman–Crippen MR) is 128 cm³/mol. The quantitative estimate of drug-likeness (QED) is 0.446. The van der Waals surface area contributed by atoms with Crippen molar-refractivity contribution < 1.29 is 13.6 Å². The molecule has 1 aliphatic heterocycles. The third kappa shape index (κ3) is 7.07. The number of hydrogen-bond donors (Lipinski definition) is 1. The van der Waals surface area contributed by atoms with Crippen molar-refractivity contribution in [2.75, 3.05) is 0 Å². The molecule has 1 aliphatic rings. The van der Waals surface area contributed by atoms with E-state index in [4.69, 9.17) is 0 Å². The molecule has 180 valence electrons. The summed E-state index contributed by atoms with van der Waals surface area (Å²) in [5.74, 6) is -3.26. The number of hydrogen-bond acceptors (Lipinski definition) is 4. The number of halogens is 2. The molecular formula is C26H36F2N4O. The van der Waals surface area contributed by atoms with E-state index >= 15 is 0 Å². The summed E-state index contributed by atoms with van der Waals surface area (Å²) in [7, 11) is 0. The molecule has 0 spiro atoms. The van der Waals surface area contributed by atoms with Crippen molar-refractivity contribution in [2.24, 2.45) is 0 Å². The van der Waals surface area contributed by atoms with Crippen LogP contribution in [0.15, 0.2) is 59.9 Å². The van der Waals surface area contributed by atoms with E-state index in [9.17, 15) is 13.6 Å². The Morgan fingerprint density at radius 3 is 2.55 bits per heavy atom. The molecule has 1 aromatic heterocycles. The molecule has 33 heavy (non-hydrogen) atoms. The van der Waals surface area contributed by atoms with Gasteiger partial charge in [0, 0.05) is 30.4 Å². The first-order valence-electron chi connectivity index (χ1n) is 11.6. The van der Waals surface area contributed by atoms with Crippen LogP contribution in [-0.4, -0.2) is 32.7 Å². The van der Waals surface area contributed by atoms with Gasteiger partial charge < -0.3 is 10.2 Å². The lowest BCUT2D eigenvalue weighted by Crippen LogP contribution is -2.40. The van der Waals surface area contributed by atoms with E-state index in [-0.39, 0.29) is 17.5 Å². The number of carbonyl (C=O) groups is 1. The molecule has 0 saturated carbocycles. The Hall–Kier alpha value is -2.83. The van der Waals surface area contributed by atoms with Crippen molar-refractivity contribution in [3.05, 3.63) is 71.1 Å². The zero-order valence-electron chi connectivity index (χ0n) is 20.4. The van der Waals surface area contributed by atoms with Crippen molar-refractivity contribution in [1.82, 2.24) is 20.2 Å². The number of nitrogens with one attached hydrogen (secondary N) is 1. The van der Waals surface area contributed by atoms with E-state index in [2.05, 4.69) is 40.6 Å². The van der Waals surface area contributed by atoms with Crippen LogP contribution in [0, 0.1) is 0 Å². The number of alkyl halides is 2. The molecule has 1 N–H and O–H groups in total. The zero-order valence-corrected chi connectivity index (χ0v) is 20.4. The third-order valence-electron chi connectivity index (χ3n) is 5.79. The average molecular weight is 459 g/mol. The Balaban J connectivity index is 2.37. The number of nitrogens with zero attached hydrogens (tertiary/aromatic N) is 3. The van der Waals surface area contributed by atoms with E-state index < -0.39 is 5.92 Å². The van der Waals surface area contributed by atoms with Gasteiger partial charge in [-0.2, -0.15) is 0 Å². The number of amides is 1. The van der Waals surface area contributed by atoms with Crippen LogP contribution in [0.2, 0.25) is 0 Å². The highest BCUT2D eigenvalue weighted by Crippen LogP contribution is 2.28. The van der Waals surface area contributed by atoms with Crippen molar-refractivity contribution in [1.29, 1.82) is 0 Å². The molecule has 0 aromatic carbocycles. The van der Waals surface area contributed by atoms with Gasteiger partial charge in [-0.1, -0.05) is 45.4 Å². The van der Waals surface area contributed by atoms with Gasteiger partial charge in [0.15, 0.2) is 0 Å². The number of fused-ring (bicyclic) bond motifs is 1. The Bertz CT molecular complexity index is 938. The van der Waals surface area contributed by atoms with Gasteiger partial charge in [-0.3, -0.25) is 4.79 Å². The molecule has 0 unspecified atom stereocenters. The van der Waals surface area contributed by atoms with E-state index in [0.717, 1.165) is 49.9 Å². The van der Waals surface area contributed by atoms with Crippen LogP contribution in [-0.2, 0) is 17.8 Å². The third-order valence-corrected chi connectivity index (χ3v) is 5.79. The summed E-state index contributed by atoms with van der Waals surface area (Å²) >= 11 is 0. The van der Waals surface area contributed by atoms with Crippen LogP contribution in [0.3, 0.4) is 0 Å². The fourth-order valence-electron chi connectivity index (χ4n) is 4.31. The second kappa shape index (κ2) is 11.9. The van der Waals surface area contributed by atoms with Gasteiger partial charge in [0.05, 0.1) is 17.9 Å². The number of aromatic nitrogens is 2. The smallest absolute Gasteiger partial charge is 0.271 e. The van der Waals surface area contributed by atoms with Gasteiger partial charge in [-0.15, -0.1) is 0 Å². The molecule has 0 atom stereocenters. The normalized spacial score (nSPS) is 15.5. The summed E-state index contributed by atoms with van der Waals surface area (Å²) < 4.78 is 27.7. The second-order valence-corrected chi connectivity index (χ2v) is 8.62. The molecule has 5 nitrogen and oxygen atoms in total. The van der Waals surface area contributed by atoms with Gasteiger partial charge in [0.2, 0.25) is 0 Å². The molecule has 2 heterocycles. The molecule has 1 aromatic rings. The first-order valence-corrected chi connectivity index (χ1v) is 11.6. The van der Waals surface area contributed by atoms with Gasteiger partial charge in [-0.25, -0.2) is 18.7 Å². The Kier molecular flexibility index (Phi) is 9.50. The van der Waals surface area contributed by atoms with Crippen molar-refractivity contribution >= 4 is 5.91 Å². The highest BCUT2D eigenvalue weighted by atomic mass is 19.3. The lowest BCUT2D eigenvalue weighted by molar-refractivity contribution is -0.118. The van der Waals surface area contributed by atoms with Gasteiger partial charge in [0.1, 0.15) is 6.33 Å². The van der Waals surface area contributed by atoms with Gasteiger partial charge in [-0.05, 0) is 50.3 Å². The summed E-state index contributed by atoms with van der Waals surface area (Å²) in [4.78, 5) is 24.1. The fourth-order valence-corrected chi connectivity index (χ4v) is 4.31. The maximum absolute atomic E-state index is 13.8. The molecule has 1 amide bonds. The summed E-state index contributed by atoms with van der Waals surface area (Å²) in [6.07, 6.45) is 12.5. The summed E-state index contributed by atoms with van der Waals surface area (Å²) in [5, 5.41) is 2.90. The number of allylic oxidation sites excluding steroid dienone is 6. The van der Waals surface area contributed by atoms with Crippen LogP contribution >= 0.6 is 0 Å². The first-order chi connectivity index (χ1) is 15.6. The van der Waals surface area contributed by atoms with E-state index in [1.54, 1.807) is 32.4 Å². The molecule has 2 rings (SSSR count). The summed E-state index contributed by atoms with van der Waals surface area (Å²) in [6.45, 7) is 12.5. The number of carbonyl (C=O) groups excluding carboxylic acids is 1. The van der Waals surface area contributed by atoms with E-state index in [0.29, 0.717) is 29.9 Å². The zero-order chi connectivity index (χ0) is 24.6. The summed E-state index contributed by atoms with van der Waals surface area (Å²) in [5.41, 5.74) is 3.20. The fraction of sp³-hybridized carbons (Fsp3) is 0.500. The van der Waals surface area contributed by atoms with Crippen molar-refractivity contribution in [3.8, 4) is 0 Å². The Labute approximate surface area is 196 Å². The lowest BCUT2D eigenvalue weighted by Gasteiger charge is -2.34. The van der Waals surface area contributed by atoms with Gasteiger partial charge in [0.25, 0.3) is 11.8 Å². The molecule has 0 fully saturated rings. The van der Waals surface area contributed by atoms with Crippen LogP contribution in [0.1, 0.15) is 71.6 Å². The van der Waals surface area contributed by atoms with Crippen LogP contribution < -0.4 is 5.32 Å². The maximum atomic E-state index is 13.8. The Morgan fingerprint density at radius 1 is 1.30 bits per heavy atom. The topological polar surface area (TPSA) is 58.1 Å². The van der Waals surface area contributed by atoms with E-state index in [1.807, 2.05) is 6.08 Å². The average Bonchev–Trinajstić information content (AvgIpc) is 2.92. The molecule has 7 heteroatoms. The summed E-state index contributed by atoms with van der Waals surface area (Å²) in [6, 6.07) is 0.204. The number of rotatable bonds is 10. The standard InChI is InChI=1S/C26H36F2N4O/c1-7-10-21(11-8-2)32-16-23-20(15-29-17-30-23)12-13-24(32)25(33)31-19(5)14-18(4)22(9-3)26(6,27)28/h9,13-15,17,21H,3,7-8,10-12,16H2,1-2,4-6H3,(H,31,33)/b19-14+,22-18+. The maximum Gasteiger partial charge on any atom is 0.271 e. The minimum atomic E-state index is -3.01. The molecular weight excluding hydrogens is 422 g/mol. The minimum absolute atomic E-state index is 0.161. The van der Waals surface area contributed by atoms with E-state index in [1.165, 1.54) is 0 Å². The van der Waals surface area contributed by atoms with Crippen molar-refractivity contribution in [3.63, 3.8) is 0 Å². The van der Waals surface area contributed by atoms with Crippen LogP contribution in [0.4, 0.5) is 8.78 Å². The molecule has 0 radical (unpaired) electrons. The SMILES string of the molecule is C=C/C(=C(C)\C=C(/C)NC(=O)C1=CCc2cncnc2CN1C(CCC)CCC)C(C)(F)F. The molecule has 0 bridgehead atoms. The van der Waals surface area contributed by atoms with Gasteiger partial charge >= 0.3 is 0 Å². The highest BCUT2D eigenvalue weighted by molar-refractivity contribution is 5.94. The largest absolute Gasteiger partial charge is 0.358 e. The van der Waals surface area contributed by atoms with Crippen LogP contribution in [0.5, 0.6) is 0 Å². The minimum Gasteiger partial charge on any atom is -0.358 e. The predicted octanol–water partition coefficient (Wildman–Crippen LogP) is 5.87. The second-order valence-electron chi connectivity index (χ2n) is 8.62. The molecule has 0 aliphatic carbocycles. The van der Waals surface area contributed by atoms with Crippen molar-refractivity contribution in [2.45, 2.75) is 85.2 Å². The monoisotopic (exact) mass is 458 g/mol. The molecule has 0 saturated heterocycles.